The summed E-state index contributed by atoms with van der Waals surface area (Å²) < 4.78 is 5.71. The minimum absolute atomic E-state index is 0.135. The number of ether oxygens (including phenoxy) is 1. The van der Waals surface area contributed by atoms with Crippen LogP contribution in [0, 0.1) is 0 Å². The largest absolute Gasteiger partial charge is 0.438 e. The maximum absolute atomic E-state index is 13.4. The van der Waals surface area contributed by atoms with Crippen LogP contribution in [-0.2, 0) is 0 Å². The Kier molecular flexibility index (Phi) is 6.65. The maximum atomic E-state index is 13.4. The van der Waals surface area contributed by atoms with Gasteiger partial charge in [0.1, 0.15) is 21.7 Å². The number of likely N-dealkylation sites (tertiary alicyclic amines) is 1. The molecule has 39 heavy (non-hydrogen) atoms. The molecule has 3 aromatic heterocycles. The molecule has 1 aromatic carbocycles. The summed E-state index contributed by atoms with van der Waals surface area (Å²) in [6.07, 6.45) is 5.56. The fraction of sp³-hybridized carbons (Fsp3) is 0.222. The summed E-state index contributed by atoms with van der Waals surface area (Å²) in [4.78, 5) is 35.7. The van der Waals surface area contributed by atoms with Gasteiger partial charge in [-0.05, 0) is 55.3 Å². The standard InChI is InChI=1S/C27H25N7O4S/c1-2-21(35)33-14-4-5-16(15-33)30-25(36)24-23-22-19(11-13-28-26(22)39-24)34(27(37)31-23)17-7-9-18(10-8-17)38-20-6-3-12-29-32-20/h2-3,6-13,16,21,35H,1,4-5,14-15H2,(H,30,36)(H,31,37)/t16-,21?/m1/s1. The quantitative estimate of drug-likeness (QED) is 0.295. The highest BCUT2D eigenvalue weighted by Gasteiger charge is 2.33. The number of carbonyl (C=O) groups excluding carboxylic acids is 2. The molecule has 6 rings (SSSR count). The summed E-state index contributed by atoms with van der Waals surface area (Å²) in [5, 5.41) is 24.5. The van der Waals surface area contributed by atoms with Gasteiger partial charge in [-0.1, -0.05) is 6.58 Å². The van der Waals surface area contributed by atoms with Crippen LogP contribution in [0.15, 0.2) is 67.5 Å². The normalized spacial score (nSPS) is 17.9. The second-order valence-electron chi connectivity index (χ2n) is 9.20. The molecule has 11 nitrogen and oxygen atoms in total. The van der Waals surface area contributed by atoms with Gasteiger partial charge in [-0.25, -0.2) is 9.78 Å². The molecule has 12 heteroatoms. The van der Waals surface area contributed by atoms with Gasteiger partial charge in [0.25, 0.3) is 5.91 Å². The number of benzene rings is 1. The van der Waals surface area contributed by atoms with E-state index in [0.29, 0.717) is 50.3 Å². The predicted octanol–water partition coefficient (Wildman–Crippen LogP) is 4.26. The van der Waals surface area contributed by atoms with Crippen molar-refractivity contribution in [3.63, 3.8) is 0 Å². The van der Waals surface area contributed by atoms with Crippen LogP contribution in [0.25, 0.3) is 10.2 Å². The van der Waals surface area contributed by atoms with Gasteiger partial charge in [-0.15, -0.1) is 16.4 Å². The summed E-state index contributed by atoms with van der Waals surface area (Å²) in [5.74, 6) is 0.634. The summed E-state index contributed by atoms with van der Waals surface area (Å²) in [6, 6.07) is 11.7. The summed E-state index contributed by atoms with van der Waals surface area (Å²) in [7, 11) is 0. The van der Waals surface area contributed by atoms with Gasteiger partial charge in [0.2, 0.25) is 5.88 Å². The van der Waals surface area contributed by atoms with E-state index in [1.54, 1.807) is 59.8 Å². The minimum atomic E-state index is -0.750. The molecular weight excluding hydrogens is 518 g/mol. The monoisotopic (exact) mass is 543 g/mol. The number of hydrogen-bond donors (Lipinski definition) is 3. The molecule has 1 fully saturated rings. The van der Waals surface area contributed by atoms with Crippen LogP contribution in [0.2, 0.25) is 0 Å². The number of thiophene rings is 1. The van der Waals surface area contributed by atoms with Gasteiger partial charge in [0, 0.05) is 37.6 Å². The number of pyridine rings is 1. The van der Waals surface area contributed by atoms with Gasteiger partial charge in [-0.2, -0.15) is 5.10 Å². The third-order valence-electron chi connectivity index (χ3n) is 6.69. The van der Waals surface area contributed by atoms with Crippen LogP contribution in [0.3, 0.4) is 0 Å². The Balaban J connectivity index is 1.26. The molecule has 0 bridgehead atoms. The van der Waals surface area contributed by atoms with Crippen LogP contribution in [0.5, 0.6) is 11.6 Å². The van der Waals surface area contributed by atoms with E-state index in [4.69, 9.17) is 4.74 Å². The molecule has 2 aliphatic heterocycles. The Morgan fingerprint density at radius 3 is 2.87 bits per heavy atom. The summed E-state index contributed by atoms with van der Waals surface area (Å²) in [6.45, 7) is 4.90. The van der Waals surface area contributed by atoms with Crippen molar-refractivity contribution in [2.45, 2.75) is 25.1 Å². The number of nitrogens with one attached hydrogen (secondary N) is 2. The lowest BCUT2D eigenvalue weighted by Crippen LogP contribution is -2.50. The van der Waals surface area contributed by atoms with Crippen LogP contribution < -0.4 is 20.3 Å². The third-order valence-corrected chi connectivity index (χ3v) is 7.79. The molecule has 1 unspecified atom stereocenters. The van der Waals surface area contributed by atoms with Crippen molar-refractivity contribution in [1.29, 1.82) is 0 Å². The van der Waals surface area contributed by atoms with Crippen molar-refractivity contribution in [3.05, 3.63) is 72.4 Å². The first-order chi connectivity index (χ1) is 19.0. The summed E-state index contributed by atoms with van der Waals surface area (Å²) in [5.41, 5.74) is 1.71. The SMILES string of the molecule is C=CC(O)N1CCC[C@@H](NC(=O)c2sc3nccc4c3c2NC(=O)N4c2ccc(Oc3cccnn3)cc2)C1. The number of urea groups is 1. The number of aliphatic hydroxyl groups excluding tert-OH is 1. The Hall–Kier alpha value is -4.39. The molecular formula is C27H25N7O4S. The van der Waals surface area contributed by atoms with E-state index in [2.05, 4.69) is 32.4 Å². The van der Waals surface area contributed by atoms with Crippen molar-refractivity contribution < 1.29 is 19.4 Å². The van der Waals surface area contributed by atoms with Crippen molar-refractivity contribution in [1.82, 2.24) is 25.4 Å². The van der Waals surface area contributed by atoms with E-state index >= 15 is 0 Å². The van der Waals surface area contributed by atoms with E-state index < -0.39 is 6.23 Å². The van der Waals surface area contributed by atoms with E-state index in [0.717, 1.165) is 19.4 Å². The van der Waals surface area contributed by atoms with Gasteiger partial charge >= 0.3 is 6.03 Å². The second-order valence-corrected chi connectivity index (χ2v) is 10.2. The molecule has 1 saturated heterocycles. The fourth-order valence-electron chi connectivity index (χ4n) is 4.89. The molecule has 3 N–H and O–H groups in total. The number of hydrogen-bond acceptors (Lipinski definition) is 9. The highest BCUT2D eigenvalue weighted by Crippen LogP contribution is 2.45. The molecule has 2 aliphatic rings. The zero-order chi connectivity index (χ0) is 26.9. The van der Waals surface area contributed by atoms with Crippen LogP contribution >= 0.6 is 11.3 Å². The fourth-order valence-corrected chi connectivity index (χ4v) is 5.91. The number of nitrogens with zero attached hydrogens (tertiary/aromatic N) is 5. The summed E-state index contributed by atoms with van der Waals surface area (Å²) >= 11 is 1.24. The van der Waals surface area contributed by atoms with Gasteiger partial charge in [0.05, 0.1) is 22.4 Å². The minimum Gasteiger partial charge on any atom is -0.438 e. The Bertz CT molecular complexity index is 1540. The highest BCUT2D eigenvalue weighted by atomic mass is 32.1. The van der Waals surface area contributed by atoms with E-state index in [-0.39, 0.29) is 18.0 Å². The lowest BCUT2D eigenvalue weighted by molar-refractivity contribution is 0.0186. The topological polar surface area (TPSA) is 133 Å². The Labute approximate surface area is 227 Å². The van der Waals surface area contributed by atoms with E-state index in [1.165, 1.54) is 17.4 Å². The number of amides is 3. The number of aliphatic hydroxyl groups is 1. The zero-order valence-corrected chi connectivity index (χ0v) is 21.6. The van der Waals surface area contributed by atoms with Crippen LogP contribution in [0.4, 0.5) is 21.9 Å². The van der Waals surface area contributed by atoms with Crippen LogP contribution in [0.1, 0.15) is 22.5 Å². The Morgan fingerprint density at radius 2 is 2.10 bits per heavy atom. The van der Waals surface area contributed by atoms with Crippen molar-refractivity contribution in [3.8, 4) is 11.6 Å². The molecule has 0 spiro atoms. The third kappa shape index (κ3) is 4.80. The van der Waals surface area contributed by atoms with Gasteiger partial charge in [-0.3, -0.25) is 14.6 Å². The first-order valence-corrected chi connectivity index (χ1v) is 13.3. The number of aromatic nitrogens is 3. The molecule has 198 valence electrons. The molecule has 3 amide bonds. The maximum Gasteiger partial charge on any atom is 0.331 e. The lowest BCUT2D eigenvalue weighted by atomic mass is 10.0. The number of piperidine rings is 1. The molecule has 0 aliphatic carbocycles. The van der Waals surface area contributed by atoms with Gasteiger partial charge < -0.3 is 20.5 Å². The predicted molar refractivity (Wildman–Crippen MR) is 148 cm³/mol. The smallest absolute Gasteiger partial charge is 0.331 e. The first-order valence-electron chi connectivity index (χ1n) is 12.5. The van der Waals surface area contributed by atoms with Crippen LogP contribution in [-0.4, -0.2) is 62.5 Å². The van der Waals surface area contributed by atoms with Crippen molar-refractivity contribution in [2.24, 2.45) is 0 Å². The number of rotatable bonds is 7. The van der Waals surface area contributed by atoms with Crippen molar-refractivity contribution >= 4 is 50.6 Å². The second kappa shape index (κ2) is 10.4. The zero-order valence-electron chi connectivity index (χ0n) is 20.8. The number of carbonyl (C=O) groups is 2. The lowest BCUT2D eigenvalue weighted by Gasteiger charge is -2.35. The average molecular weight is 544 g/mol. The molecule has 5 heterocycles. The van der Waals surface area contributed by atoms with Crippen molar-refractivity contribution in [2.75, 3.05) is 23.3 Å². The molecule has 4 aromatic rings. The first kappa shape index (κ1) is 24.9. The van der Waals surface area contributed by atoms with Gasteiger partial charge in [0.15, 0.2) is 0 Å². The molecule has 0 radical (unpaired) electrons. The molecule has 0 saturated carbocycles. The molecule has 2 atom stereocenters. The Morgan fingerprint density at radius 1 is 1.26 bits per heavy atom. The van der Waals surface area contributed by atoms with E-state index in [9.17, 15) is 14.7 Å². The number of anilines is 3. The highest BCUT2D eigenvalue weighted by molar-refractivity contribution is 7.21. The average Bonchev–Trinajstić information content (AvgIpc) is 3.33. The van der Waals surface area contributed by atoms with E-state index in [1.807, 2.05) is 4.90 Å².